The Hall–Kier alpha value is -2.89. The number of aliphatic hydroxyl groups excluding tert-OH is 8. The molecule has 2 heterocycles. The van der Waals surface area contributed by atoms with Crippen LogP contribution in [-0.4, -0.2) is 125 Å². The van der Waals surface area contributed by atoms with Gasteiger partial charge in [-0.3, -0.25) is 4.79 Å². The third-order valence-corrected chi connectivity index (χ3v) is 7.19. The summed E-state index contributed by atoms with van der Waals surface area (Å²) in [4.78, 5) is 13.4. The Morgan fingerprint density at radius 2 is 1.32 bits per heavy atom. The van der Waals surface area contributed by atoms with Gasteiger partial charge in [-0.15, -0.1) is 0 Å². The molecule has 2 aromatic carbocycles. The second-order valence-corrected chi connectivity index (χ2v) is 9.70. The van der Waals surface area contributed by atoms with Crippen LogP contribution in [0.2, 0.25) is 0 Å². The number of carbonyl (C=O) groups is 1. The number of rotatable bonds is 7. The fourth-order valence-corrected chi connectivity index (χ4v) is 4.84. The van der Waals surface area contributed by atoms with Crippen molar-refractivity contribution in [2.45, 2.75) is 68.1 Å². The normalized spacial score (nSPS) is 34.4. The summed E-state index contributed by atoms with van der Waals surface area (Å²) in [5.41, 5.74) is -1.32. The Bertz CT molecular complexity index is 1200. The molecule has 220 valence electrons. The molecular weight excluding hydrogens is 536 g/mol. The molecule has 40 heavy (non-hydrogen) atoms. The minimum atomic E-state index is -1.97. The van der Waals surface area contributed by atoms with Crippen molar-refractivity contribution in [1.82, 2.24) is 0 Å². The smallest absolute Gasteiger partial charge is 0.229 e. The highest BCUT2D eigenvalue weighted by atomic mass is 16.7. The summed E-state index contributed by atoms with van der Waals surface area (Å²) in [6.45, 7) is -0.355. The van der Waals surface area contributed by atoms with E-state index in [0.29, 0.717) is 0 Å². The van der Waals surface area contributed by atoms with E-state index in [4.69, 9.17) is 14.2 Å². The first-order valence-corrected chi connectivity index (χ1v) is 12.4. The van der Waals surface area contributed by atoms with Crippen molar-refractivity contribution in [3.05, 3.63) is 52.6 Å². The Kier molecular flexibility index (Phi) is 8.96. The third-order valence-electron chi connectivity index (χ3n) is 7.19. The van der Waals surface area contributed by atoms with Gasteiger partial charge in [-0.25, -0.2) is 0 Å². The topological polar surface area (TPSA) is 247 Å². The molecule has 2 fully saturated rings. The molecule has 14 heteroatoms. The van der Waals surface area contributed by atoms with Gasteiger partial charge in [0.15, 0.2) is 0 Å². The fourth-order valence-electron chi connectivity index (χ4n) is 4.84. The number of phenolic OH excluding ortho intramolecular Hbond substituents is 2. The zero-order valence-corrected chi connectivity index (χ0v) is 21.2. The highest BCUT2D eigenvalue weighted by molar-refractivity contribution is 6.13. The van der Waals surface area contributed by atoms with Crippen molar-refractivity contribution in [3.8, 4) is 17.2 Å². The van der Waals surface area contributed by atoms with Gasteiger partial charge in [0.05, 0.1) is 18.8 Å². The molecule has 0 amide bonds. The molecule has 0 unspecified atom stereocenters. The molecule has 0 saturated carbocycles. The van der Waals surface area contributed by atoms with Gasteiger partial charge >= 0.3 is 0 Å². The van der Waals surface area contributed by atoms with Crippen LogP contribution in [0.25, 0.3) is 0 Å². The molecule has 4 rings (SSSR count). The number of aromatic hydroxyl groups is 2. The van der Waals surface area contributed by atoms with Crippen LogP contribution in [0.5, 0.6) is 17.2 Å². The lowest BCUT2D eigenvalue weighted by Crippen LogP contribution is -2.60. The maximum atomic E-state index is 13.4. The Morgan fingerprint density at radius 3 is 1.90 bits per heavy atom. The summed E-state index contributed by atoms with van der Waals surface area (Å²) in [7, 11) is 0. The van der Waals surface area contributed by atoms with E-state index in [0.717, 1.165) is 0 Å². The van der Waals surface area contributed by atoms with Crippen LogP contribution >= 0.6 is 0 Å². The van der Waals surface area contributed by atoms with E-state index in [1.54, 1.807) is 18.2 Å². The van der Waals surface area contributed by atoms with Crippen LogP contribution in [0.3, 0.4) is 0 Å². The molecule has 0 aliphatic carbocycles. The van der Waals surface area contributed by atoms with Gasteiger partial charge in [-0.1, -0.05) is 30.3 Å². The second-order valence-electron chi connectivity index (χ2n) is 9.70. The molecule has 0 radical (unpaired) electrons. The Morgan fingerprint density at radius 1 is 0.775 bits per heavy atom. The molecular formula is C26H32O14. The lowest BCUT2D eigenvalue weighted by Gasteiger charge is -2.42. The third kappa shape index (κ3) is 5.14. The van der Waals surface area contributed by atoms with Crippen molar-refractivity contribution in [2.75, 3.05) is 13.2 Å². The minimum absolute atomic E-state index is 0.0647. The van der Waals surface area contributed by atoms with E-state index >= 15 is 0 Å². The minimum Gasteiger partial charge on any atom is -0.507 e. The molecule has 0 bridgehead atoms. The maximum Gasteiger partial charge on any atom is 0.229 e. The average Bonchev–Trinajstić information content (AvgIpc) is 2.96. The Balaban J connectivity index is 1.90. The summed E-state index contributed by atoms with van der Waals surface area (Å²) >= 11 is 0. The van der Waals surface area contributed by atoms with E-state index in [2.05, 4.69) is 0 Å². The van der Waals surface area contributed by atoms with Crippen LogP contribution in [0.1, 0.15) is 33.2 Å². The summed E-state index contributed by atoms with van der Waals surface area (Å²) < 4.78 is 16.7. The number of carbonyl (C=O) groups excluding carboxylic acids is 1. The summed E-state index contributed by atoms with van der Waals surface area (Å²) in [5, 5.41) is 104. The van der Waals surface area contributed by atoms with Crippen LogP contribution in [0.4, 0.5) is 0 Å². The van der Waals surface area contributed by atoms with Gasteiger partial charge in [-0.2, -0.15) is 0 Å². The number of ether oxygens (including phenoxy) is 3. The van der Waals surface area contributed by atoms with E-state index in [9.17, 15) is 55.9 Å². The van der Waals surface area contributed by atoms with Gasteiger partial charge in [0.25, 0.3) is 0 Å². The quantitative estimate of drug-likeness (QED) is 0.153. The highest BCUT2D eigenvalue weighted by Crippen LogP contribution is 2.50. The molecule has 2 aliphatic rings. The van der Waals surface area contributed by atoms with E-state index < -0.39 is 109 Å². The van der Waals surface area contributed by atoms with Crippen molar-refractivity contribution in [1.29, 1.82) is 0 Å². The summed E-state index contributed by atoms with van der Waals surface area (Å²) in [5.74, 6) is -3.09. The van der Waals surface area contributed by atoms with Crippen LogP contribution in [0.15, 0.2) is 30.3 Å². The number of ketones is 1. The number of hydrogen-bond acceptors (Lipinski definition) is 14. The molecule has 10 atom stereocenters. The van der Waals surface area contributed by atoms with Crippen LogP contribution in [-0.2, 0) is 9.47 Å². The van der Waals surface area contributed by atoms with Gasteiger partial charge in [-0.05, 0) is 6.92 Å². The predicted octanol–water partition coefficient (Wildman–Crippen LogP) is -2.67. The average molecular weight is 569 g/mol. The first kappa shape index (κ1) is 30.1. The number of phenols is 2. The zero-order valence-electron chi connectivity index (χ0n) is 21.2. The van der Waals surface area contributed by atoms with Crippen LogP contribution in [0, 0.1) is 6.92 Å². The molecule has 0 spiro atoms. The SMILES string of the molecule is Cc1c(O)c(C(=O)c2ccccc2)c(O)c([C@@H]2O[C@H](CO)[C@@H](O)[C@H](O)[C@H]2O)c1O[C@@H]1O[C@H](CO)[C@@H](O)[C@H](O)[C@H]1O. The number of aliphatic hydroxyl groups is 8. The van der Waals surface area contributed by atoms with Gasteiger partial charge in [0.1, 0.15) is 77.7 Å². The lowest BCUT2D eigenvalue weighted by atomic mass is 9.86. The molecule has 14 nitrogen and oxygen atoms in total. The van der Waals surface area contributed by atoms with E-state index in [-0.39, 0.29) is 11.1 Å². The first-order chi connectivity index (χ1) is 18.9. The second kappa shape index (κ2) is 11.9. The monoisotopic (exact) mass is 568 g/mol. The highest BCUT2D eigenvalue weighted by Gasteiger charge is 2.49. The zero-order chi connectivity index (χ0) is 29.5. The Labute approximate surface area is 227 Å². The predicted molar refractivity (Wildman–Crippen MR) is 131 cm³/mol. The van der Waals surface area contributed by atoms with Gasteiger partial charge < -0.3 is 65.3 Å². The van der Waals surface area contributed by atoms with Crippen molar-refractivity contribution in [3.63, 3.8) is 0 Å². The largest absolute Gasteiger partial charge is 0.507 e. The molecule has 0 aromatic heterocycles. The molecule has 10 N–H and O–H groups in total. The van der Waals surface area contributed by atoms with E-state index in [1.165, 1.54) is 19.1 Å². The fraction of sp³-hybridized carbons (Fsp3) is 0.500. The standard InChI is InChI=1S/C26H32O14/c1-9-15(29)13(16(30)10-5-3-2-4-6-10)19(33)14(25-22(36)20(34)17(31)11(7-27)38-25)24(9)40-26-23(37)21(35)18(32)12(8-28)39-26/h2-6,11-12,17-18,20-23,25-29,31-37H,7-8H2,1H3/t11-,12-,17-,18-,20+,21+,22-,23-,25+,26+/m1/s1. The summed E-state index contributed by atoms with van der Waals surface area (Å²) in [6, 6.07) is 7.57. The number of benzene rings is 2. The molecule has 2 aliphatic heterocycles. The maximum absolute atomic E-state index is 13.4. The van der Waals surface area contributed by atoms with Crippen molar-refractivity contribution < 1.29 is 70.1 Å². The van der Waals surface area contributed by atoms with Crippen molar-refractivity contribution >= 4 is 5.78 Å². The van der Waals surface area contributed by atoms with E-state index in [1.807, 2.05) is 0 Å². The number of hydrogen-bond donors (Lipinski definition) is 10. The summed E-state index contributed by atoms with van der Waals surface area (Å²) in [6.07, 6.45) is -17.6. The molecule has 2 saturated heterocycles. The first-order valence-electron chi connectivity index (χ1n) is 12.4. The van der Waals surface area contributed by atoms with Gasteiger partial charge in [0, 0.05) is 11.1 Å². The lowest BCUT2D eigenvalue weighted by molar-refractivity contribution is -0.278. The molecule has 2 aromatic rings. The van der Waals surface area contributed by atoms with Gasteiger partial charge in [0.2, 0.25) is 12.1 Å². The van der Waals surface area contributed by atoms with Crippen LogP contribution < -0.4 is 4.74 Å². The van der Waals surface area contributed by atoms with Crippen molar-refractivity contribution in [2.24, 2.45) is 0 Å².